The third kappa shape index (κ3) is 31.2. The van der Waals surface area contributed by atoms with Crippen LogP contribution >= 0.6 is 0 Å². The zero-order valence-electron chi connectivity index (χ0n) is 27.0. The fourth-order valence-corrected chi connectivity index (χ4v) is 5.06. The summed E-state index contributed by atoms with van der Waals surface area (Å²) in [5.74, 6) is -0.745. The Hall–Kier alpha value is -1.62. The van der Waals surface area contributed by atoms with E-state index >= 15 is 0 Å². The molecule has 0 aromatic carbocycles. The molecule has 0 aromatic rings. The zero-order valence-corrected chi connectivity index (χ0v) is 27.0. The predicted molar refractivity (Wildman–Crippen MR) is 173 cm³/mol. The van der Waals surface area contributed by atoms with Gasteiger partial charge in [0.15, 0.2) is 0 Å². The van der Waals surface area contributed by atoms with Crippen LogP contribution in [-0.4, -0.2) is 34.4 Å². The van der Waals surface area contributed by atoms with Gasteiger partial charge in [-0.15, -0.1) is 0 Å². The molecule has 0 bridgehead atoms. The van der Waals surface area contributed by atoms with Crippen LogP contribution in [0.4, 0.5) is 0 Å². The number of allylic oxidation sites excluding steroid dienone is 2. The van der Waals surface area contributed by atoms with Crippen molar-refractivity contribution in [3.05, 3.63) is 24.3 Å². The van der Waals surface area contributed by atoms with E-state index in [4.69, 9.17) is 9.84 Å². The van der Waals surface area contributed by atoms with Gasteiger partial charge in [0.05, 0.1) is 6.10 Å². The second kappa shape index (κ2) is 31.3. The number of esters is 1. The van der Waals surface area contributed by atoms with Gasteiger partial charge >= 0.3 is 11.9 Å². The number of hydrogen-bond acceptors (Lipinski definition) is 4. The monoisotopic (exact) mass is 578 g/mol. The van der Waals surface area contributed by atoms with Crippen LogP contribution < -0.4 is 0 Å². The van der Waals surface area contributed by atoms with Gasteiger partial charge < -0.3 is 14.9 Å². The number of carbonyl (C=O) groups excluding carboxylic acids is 1. The van der Waals surface area contributed by atoms with Crippen LogP contribution in [0.5, 0.6) is 0 Å². The van der Waals surface area contributed by atoms with E-state index in [0.29, 0.717) is 6.42 Å². The standard InChI is InChI=1S/C36H66O5/c1-3-5-7-21-27-33(37)28-22-17-13-9-12-16-20-26-32-36(40)41-34(29-23-8-6-4-2)30-24-18-14-10-11-15-19-25-31-35(38)39/h17-18,22,24,33-34,37H,3-16,19-21,23,25-32H2,1-2H3,(H,38,39)/b22-17?,24-18-/t33?,34-/m1/s1. The van der Waals surface area contributed by atoms with Gasteiger partial charge in [0.1, 0.15) is 6.10 Å². The molecule has 0 spiro atoms. The van der Waals surface area contributed by atoms with Crippen molar-refractivity contribution in [1.29, 1.82) is 0 Å². The molecule has 0 aromatic heterocycles. The number of carboxylic acid groups (broad SMARTS) is 1. The quantitative estimate of drug-likeness (QED) is 0.0485. The topological polar surface area (TPSA) is 83.8 Å². The van der Waals surface area contributed by atoms with Crippen LogP contribution in [0.2, 0.25) is 0 Å². The lowest BCUT2D eigenvalue weighted by Gasteiger charge is -2.16. The van der Waals surface area contributed by atoms with E-state index in [1.54, 1.807) is 0 Å². The number of carboxylic acids is 1. The molecule has 5 nitrogen and oxygen atoms in total. The first-order valence-corrected chi connectivity index (χ1v) is 17.4. The molecule has 240 valence electrons. The van der Waals surface area contributed by atoms with Crippen LogP contribution in [0.25, 0.3) is 0 Å². The minimum absolute atomic E-state index is 0.00623. The summed E-state index contributed by atoms with van der Waals surface area (Å²) in [4.78, 5) is 23.0. The highest BCUT2D eigenvalue weighted by atomic mass is 16.5. The summed E-state index contributed by atoms with van der Waals surface area (Å²) >= 11 is 0. The second-order valence-electron chi connectivity index (χ2n) is 11.9. The van der Waals surface area contributed by atoms with Crippen molar-refractivity contribution >= 4 is 11.9 Å². The van der Waals surface area contributed by atoms with Crippen LogP contribution in [0.15, 0.2) is 24.3 Å². The first kappa shape index (κ1) is 39.4. The molecular weight excluding hydrogens is 512 g/mol. The Balaban J connectivity index is 3.96. The summed E-state index contributed by atoms with van der Waals surface area (Å²) in [5.41, 5.74) is 0. The second-order valence-corrected chi connectivity index (χ2v) is 11.9. The molecule has 0 radical (unpaired) electrons. The molecule has 0 fully saturated rings. The van der Waals surface area contributed by atoms with Gasteiger partial charge in [0, 0.05) is 19.3 Å². The highest BCUT2D eigenvalue weighted by molar-refractivity contribution is 5.69. The molecule has 1 unspecified atom stereocenters. The fourth-order valence-electron chi connectivity index (χ4n) is 5.06. The largest absolute Gasteiger partial charge is 0.481 e. The smallest absolute Gasteiger partial charge is 0.306 e. The van der Waals surface area contributed by atoms with Gasteiger partial charge in [0.2, 0.25) is 0 Å². The average molecular weight is 579 g/mol. The number of aliphatic carboxylic acids is 1. The SMILES string of the molecule is CCCCCCC(O)CC=CCCCCCCCC(=O)O[C@@H](C/C=C\CCCCCCCC(=O)O)CCCCCC. The molecule has 41 heavy (non-hydrogen) atoms. The zero-order chi connectivity index (χ0) is 30.2. The molecule has 0 heterocycles. The Morgan fingerprint density at radius 1 is 0.585 bits per heavy atom. The molecule has 2 atom stereocenters. The number of aliphatic hydroxyl groups is 1. The highest BCUT2D eigenvalue weighted by Gasteiger charge is 2.13. The molecule has 0 aliphatic carbocycles. The van der Waals surface area contributed by atoms with E-state index in [1.807, 2.05) is 0 Å². The van der Waals surface area contributed by atoms with E-state index in [9.17, 15) is 14.7 Å². The lowest BCUT2D eigenvalue weighted by atomic mass is 10.1. The van der Waals surface area contributed by atoms with Crippen LogP contribution in [0, 0.1) is 0 Å². The van der Waals surface area contributed by atoms with Gasteiger partial charge in [-0.3, -0.25) is 9.59 Å². The molecule has 5 heteroatoms. The predicted octanol–water partition coefficient (Wildman–Crippen LogP) is 10.6. The number of ether oxygens (including phenoxy) is 1. The molecule has 0 rings (SSSR count). The first-order valence-electron chi connectivity index (χ1n) is 17.4. The Labute approximate surface area is 253 Å². The molecule has 0 saturated carbocycles. The summed E-state index contributed by atoms with van der Waals surface area (Å²) in [7, 11) is 0. The highest BCUT2D eigenvalue weighted by Crippen LogP contribution is 2.16. The minimum Gasteiger partial charge on any atom is -0.481 e. The normalized spacial score (nSPS) is 13.2. The van der Waals surface area contributed by atoms with E-state index in [-0.39, 0.29) is 24.6 Å². The van der Waals surface area contributed by atoms with Crippen molar-refractivity contribution in [1.82, 2.24) is 0 Å². The fraction of sp³-hybridized carbons (Fsp3) is 0.833. The number of rotatable bonds is 31. The third-order valence-electron chi connectivity index (χ3n) is 7.72. The maximum Gasteiger partial charge on any atom is 0.306 e. The maximum atomic E-state index is 12.5. The van der Waals surface area contributed by atoms with Gasteiger partial charge in [-0.1, -0.05) is 122 Å². The van der Waals surface area contributed by atoms with Crippen molar-refractivity contribution in [3.8, 4) is 0 Å². The Kier molecular flexibility index (Phi) is 30.1. The van der Waals surface area contributed by atoms with E-state index < -0.39 is 5.97 Å². The van der Waals surface area contributed by atoms with Crippen molar-refractivity contribution < 1.29 is 24.5 Å². The number of carbonyl (C=O) groups is 2. The average Bonchev–Trinajstić information content (AvgIpc) is 2.95. The van der Waals surface area contributed by atoms with Gasteiger partial charge in [-0.25, -0.2) is 0 Å². The minimum atomic E-state index is -0.700. The van der Waals surface area contributed by atoms with E-state index in [1.165, 1.54) is 51.4 Å². The number of aliphatic hydroxyl groups excluding tert-OH is 1. The summed E-state index contributed by atoms with van der Waals surface area (Å²) in [6.07, 6.45) is 35.2. The van der Waals surface area contributed by atoms with Gasteiger partial charge in [0.25, 0.3) is 0 Å². The molecule has 2 N–H and O–H groups in total. The summed E-state index contributed by atoms with van der Waals surface area (Å²) in [6, 6.07) is 0. The van der Waals surface area contributed by atoms with Crippen molar-refractivity contribution in [2.45, 2.75) is 193 Å². The van der Waals surface area contributed by atoms with Crippen molar-refractivity contribution in [2.75, 3.05) is 0 Å². The lowest BCUT2D eigenvalue weighted by Crippen LogP contribution is -2.17. The molecular formula is C36H66O5. The van der Waals surface area contributed by atoms with E-state index in [0.717, 1.165) is 103 Å². The number of unbranched alkanes of at least 4 members (excludes halogenated alkanes) is 16. The summed E-state index contributed by atoms with van der Waals surface area (Å²) in [6.45, 7) is 4.42. The Morgan fingerprint density at radius 3 is 1.66 bits per heavy atom. The Morgan fingerprint density at radius 2 is 1.07 bits per heavy atom. The van der Waals surface area contributed by atoms with E-state index in [2.05, 4.69) is 38.2 Å². The summed E-state index contributed by atoms with van der Waals surface area (Å²) in [5, 5.41) is 18.7. The molecule has 0 saturated heterocycles. The van der Waals surface area contributed by atoms with Crippen LogP contribution in [0.1, 0.15) is 181 Å². The number of hydrogen-bond donors (Lipinski definition) is 2. The van der Waals surface area contributed by atoms with Gasteiger partial charge in [-0.2, -0.15) is 0 Å². The van der Waals surface area contributed by atoms with Crippen molar-refractivity contribution in [3.63, 3.8) is 0 Å². The molecule has 0 amide bonds. The first-order chi connectivity index (χ1) is 20.0. The van der Waals surface area contributed by atoms with Crippen LogP contribution in [0.3, 0.4) is 0 Å². The molecule has 0 aliphatic heterocycles. The van der Waals surface area contributed by atoms with Gasteiger partial charge in [-0.05, 0) is 64.2 Å². The lowest BCUT2D eigenvalue weighted by molar-refractivity contribution is -0.149. The molecule has 0 aliphatic rings. The summed E-state index contributed by atoms with van der Waals surface area (Å²) < 4.78 is 5.88. The third-order valence-corrected chi connectivity index (χ3v) is 7.72. The Bertz CT molecular complexity index is 642. The van der Waals surface area contributed by atoms with Crippen LogP contribution in [-0.2, 0) is 14.3 Å². The van der Waals surface area contributed by atoms with Crippen molar-refractivity contribution in [2.24, 2.45) is 0 Å². The maximum absolute atomic E-state index is 12.5.